The average molecular weight is 301 g/mol. The summed E-state index contributed by atoms with van der Waals surface area (Å²) in [4.78, 5) is 0. The van der Waals surface area contributed by atoms with Crippen LogP contribution >= 0.6 is 12.2 Å². The fourth-order valence-corrected chi connectivity index (χ4v) is 1.82. The lowest BCUT2D eigenvalue weighted by Crippen LogP contribution is -2.32. The SMILES string of the molecule is C/C(=N/NC(=S)NCc1ccc(F)cc1)c1ccccc1. The predicted octanol–water partition coefficient (Wildman–Crippen LogP) is 3.21. The van der Waals surface area contributed by atoms with Crippen LogP contribution in [0.4, 0.5) is 4.39 Å². The van der Waals surface area contributed by atoms with Crippen LogP contribution in [0.2, 0.25) is 0 Å². The number of nitrogens with zero attached hydrogens (tertiary/aromatic N) is 1. The molecule has 0 saturated heterocycles. The Morgan fingerprint density at radius 1 is 1.10 bits per heavy atom. The van der Waals surface area contributed by atoms with E-state index in [1.165, 1.54) is 12.1 Å². The fraction of sp³-hybridized carbons (Fsp3) is 0.125. The van der Waals surface area contributed by atoms with Crippen LogP contribution in [0.5, 0.6) is 0 Å². The van der Waals surface area contributed by atoms with Crippen molar-refractivity contribution in [2.24, 2.45) is 5.10 Å². The zero-order chi connectivity index (χ0) is 15.1. The number of benzene rings is 2. The van der Waals surface area contributed by atoms with Gasteiger partial charge in [0, 0.05) is 6.54 Å². The minimum absolute atomic E-state index is 0.248. The molecule has 0 fully saturated rings. The third kappa shape index (κ3) is 4.96. The van der Waals surface area contributed by atoms with E-state index in [0.717, 1.165) is 16.8 Å². The first-order valence-electron chi connectivity index (χ1n) is 6.53. The van der Waals surface area contributed by atoms with Crippen LogP contribution in [0.1, 0.15) is 18.1 Å². The zero-order valence-corrected chi connectivity index (χ0v) is 12.5. The monoisotopic (exact) mass is 301 g/mol. The van der Waals surface area contributed by atoms with E-state index in [2.05, 4.69) is 15.8 Å². The molecular weight excluding hydrogens is 285 g/mol. The molecule has 0 unspecified atom stereocenters. The van der Waals surface area contributed by atoms with Gasteiger partial charge < -0.3 is 5.32 Å². The zero-order valence-electron chi connectivity index (χ0n) is 11.6. The number of halogens is 1. The van der Waals surface area contributed by atoms with Gasteiger partial charge in [0.15, 0.2) is 5.11 Å². The number of hydrogen-bond acceptors (Lipinski definition) is 2. The molecule has 2 aromatic carbocycles. The molecule has 0 aliphatic carbocycles. The molecule has 0 aromatic heterocycles. The van der Waals surface area contributed by atoms with Crippen LogP contribution in [-0.2, 0) is 6.54 Å². The van der Waals surface area contributed by atoms with Gasteiger partial charge in [-0.2, -0.15) is 5.10 Å². The standard InChI is InChI=1S/C16H16FN3S/c1-12(14-5-3-2-4-6-14)19-20-16(21)18-11-13-7-9-15(17)10-8-13/h2-10H,11H2,1H3,(H2,18,20,21)/b19-12-. The Balaban J connectivity index is 1.83. The van der Waals surface area contributed by atoms with Crippen molar-refractivity contribution >= 4 is 23.0 Å². The molecule has 108 valence electrons. The molecule has 5 heteroatoms. The molecule has 0 amide bonds. The highest BCUT2D eigenvalue weighted by Gasteiger charge is 1.98. The maximum absolute atomic E-state index is 12.8. The van der Waals surface area contributed by atoms with Gasteiger partial charge in [-0.15, -0.1) is 0 Å². The quantitative estimate of drug-likeness (QED) is 0.517. The van der Waals surface area contributed by atoms with Crippen molar-refractivity contribution in [3.05, 3.63) is 71.5 Å². The van der Waals surface area contributed by atoms with Crippen molar-refractivity contribution in [1.82, 2.24) is 10.7 Å². The lowest BCUT2D eigenvalue weighted by atomic mass is 10.1. The van der Waals surface area contributed by atoms with E-state index < -0.39 is 0 Å². The number of thiocarbonyl (C=S) groups is 1. The van der Waals surface area contributed by atoms with Crippen molar-refractivity contribution < 1.29 is 4.39 Å². The Bertz CT molecular complexity index is 624. The van der Waals surface area contributed by atoms with Gasteiger partial charge in [0.1, 0.15) is 5.82 Å². The summed E-state index contributed by atoms with van der Waals surface area (Å²) in [6.07, 6.45) is 0. The Kier molecular flexibility index (Phi) is 5.40. The maximum Gasteiger partial charge on any atom is 0.187 e. The fourth-order valence-electron chi connectivity index (χ4n) is 1.70. The first-order valence-corrected chi connectivity index (χ1v) is 6.94. The first-order chi connectivity index (χ1) is 10.1. The number of rotatable bonds is 4. The molecule has 2 rings (SSSR count). The normalized spacial score (nSPS) is 11.0. The highest BCUT2D eigenvalue weighted by molar-refractivity contribution is 7.80. The molecule has 0 aliphatic rings. The second kappa shape index (κ2) is 7.50. The third-order valence-corrected chi connectivity index (χ3v) is 3.12. The summed E-state index contributed by atoms with van der Waals surface area (Å²) in [7, 11) is 0. The van der Waals surface area contributed by atoms with Gasteiger partial charge in [0.25, 0.3) is 0 Å². The van der Waals surface area contributed by atoms with Gasteiger partial charge in [-0.1, -0.05) is 42.5 Å². The summed E-state index contributed by atoms with van der Waals surface area (Å²) in [5.41, 5.74) is 5.63. The van der Waals surface area contributed by atoms with Gasteiger partial charge in [-0.05, 0) is 42.4 Å². The number of nitrogens with one attached hydrogen (secondary N) is 2. The topological polar surface area (TPSA) is 36.4 Å². The summed E-state index contributed by atoms with van der Waals surface area (Å²) in [5, 5.41) is 7.67. The van der Waals surface area contributed by atoms with Crippen molar-refractivity contribution in [2.75, 3.05) is 0 Å². The largest absolute Gasteiger partial charge is 0.357 e. The first kappa shape index (κ1) is 15.1. The second-order valence-corrected chi connectivity index (χ2v) is 4.89. The Hall–Kier alpha value is -2.27. The van der Waals surface area contributed by atoms with Crippen LogP contribution in [-0.4, -0.2) is 10.8 Å². The lowest BCUT2D eigenvalue weighted by Gasteiger charge is -2.08. The summed E-state index contributed by atoms with van der Waals surface area (Å²) < 4.78 is 12.8. The summed E-state index contributed by atoms with van der Waals surface area (Å²) in [5.74, 6) is -0.248. The Labute approximate surface area is 128 Å². The summed E-state index contributed by atoms with van der Waals surface area (Å²) >= 11 is 5.14. The van der Waals surface area contributed by atoms with Crippen LogP contribution in [0, 0.1) is 5.82 Å². The van der Waals surface area contributed by atoms with Gasteiger partial charge >= 0.3 is 0 Å². The van der Waals surface area contributed by atoms with E-state index in [1.807, 2.05) is 37.3 Å². The maximum atomic E-state index is 12.8. The molecule has 0 atom stereocenters. The molecule has 0 radical (unpaired) electrons. The highest BCUT2D eigenvalue weighted by atomic mass is 32.1. The van der Waals surface area contributed by atoms with E-state index in [0.29, 0.717) is 11.7 Å². The van der Waals surface area contributed by atoms with Crippen molar-refractivity contribution in [1.29, 1.82) is 0 Å². The lowest BCUT2D eigenvalue weighted by molar-refractivity contribution is 0.626. The summed E-state index contributed by atoms with van der Waals surface area (Å²) in [6.45, 7) is 2.43. The van der Waals surface area contributed by atoms with Crippen LogP contribution in [0.25, 0.3) is 0 Å². The van der Waals surface area contributed by atoms with E-state index in [1.54, 1.807) is 12.1 Å². The van der Waals surface area contributed by atoms with Crippen molar-refractivity contribution in [3.8, 4) is 0 Å². The molecule has 0 aliphatic heterocycles. The van der Waals surface area contributed by atoms with Gasteiger partial charge in [0.05, 0.1) is 5.71 Å². The molecule has 2 aromatic rings. The molecular formula is C16H16FN3S. The van der Waals surface area contributed by atoms with E-state index >= 15 is 0 Å². The van der Waals surface area contributed by atoms with Crippen LogP contribution in [0.15, 0.2) is 59.7 Å². The van der Waals surface area contributed by atoms with E-state index in [4.69, 9.17) is 12.2 Å². The number of hydrazone groups is 1. The molecule has 0 saturated carbocycles. The van der Waals surface area contributed by atoms with Gasteiger partial charge in [-0.3, -0.25) is 5.43 Å². The second-order valence-electron chi connectivity index (χ2n) is 4.48. The molecule has 0 spiro atoms. The summed E-state index contributed by atoms with van der Waals surface area (Å²) in [6, 6.07) is 16.1. The van der Waals surface area contributed by atoms with Crippen LogP contribution in [0.3, 0.4) is 0 Å². The predicted molar refractivity (Wildman–Crippen MR) is 87.6 cm³/mol. The van der Waals surface area contributed by atoms with Crippen LogP contribution < -0.4 is 10.7 Å². The molecule has 21 heavy (non-hydrogen) atoms. The van der Waals surface area contributed by atoms with Crippen molar-refractivity contribution in [3.63, 3.8) is 0 Å². The molecule has 3 nitrogen and oxygen atoms in total. The molecule has 2 N–H and O–H groups in total. The Morgan fingerprint density at radius 2 is 1.76 bits per heavy atom. The number of hydrogen-bond donors (Lipinski definition) is 2. The highest BCUT2D eigenvalue weighted by Crippen LogP contribution is 2.02. The molecule has 0 bridgehead atoms. The average Bonchev–Trinajstić information content (AvgIpc) is 2.53. The van der Waals surface area contributed by atoms with Gasteiger partial charge in [-0.25, -0.2) is 4.39 Å². The van der Waals surface area contributed by atoms with Crippen molar-refractivity contribution in [2.45, 2.75) is 13.5 Å². The molecule has 0 heterocycles. The minimum Gasteiger partial charge on any atom is -0.357 e. The smallest absolute Gasteiger partial charge is 0.187 e. The van der Waals surface area contributed by atoms with E-state index in [-0.39, 0.29) is 5.82 Å². The van der Waals surface area contributed by atoms with E-state index in [9.17, 15) is 4.39 Å². The Morgan fingerprint density at radius 3 is 2.43 bits per heavy atom. The third-order valence-electron chi connectivity index (χ3n) is 2.88. The minimum atomic E-state index is -0.248. The van der Waals surface area contributed by atoms with Gasteiger partial charge in [0.2, 0.25) is 0 Å².